The van der Waals surface area contributed by atoms with Gasteiger partial charge in [0.2, 0.25) is 0 Å². The van der Waals surface area contributed by atoms with Crippen LogP contribution in [0.15, 0.2) is 18.2 Å². The quantitative estimate of drug-likeness (QED) is 0.406. The van der Waals surface area contributed by atoms with Gasteiger partial charge in [0.1, 0.15) is 12.4 Å². The number of ether oxygens (including phenoxy) is 3. The molecule has 8 nitrogen and oxygen atoms in total. The third-order valence-corrected chi connectivity index (χ3v) is 2.22. The predicted octanol–water partition coefficient (Wildman–Crippen LogP) is 1.50. The van der Waals surface area contributed by atoms with E-state index in [0.29, 0.717) is 0 Å². The van der Waals surface area contributed by atoms with E-state index in [-0.39, 0.29) is 36.2 Å². The topological polar surface area (TPSA) is 105 Å². The Labute approximate surface area is 120 Å². The third kappa shape index (κ3) is 5.47. The lowest BCUT2D eigenvalue weighted by Gasteiger charge is -2.08. The molecule has 0 aromatic heterocycles. The summed E-state index contributed by atoms with van der Waals surface area (Å²) < 4.78 is 14.8. The van der Waals surface area contributed by atoms with Gasteiger partial charge >= 0.3 is 11.7 Å². The Balaban J connectivity index is 2.81. The van der Waals surface area contributed by atoms with Crippen molar-refractivity contribution in [3.05, 3.63) is 28.3 Å². The number of benzene rings is 1. The number of Topliss-reactive ketones (excluding diaryl/α,β-unsaturated/α-hetero) is 1. The summed E-state index contributed by atoms with van der Waals surface area (Å²) in [6.07, 6.45) is 0. The largest absolute Gasteiger partial charge is 0.486 e. The molecule has 0 saturated heterocycles. The van der Waals surface area contributed by atoms with Crippen molar-refractivity contribution < 1.29 is 28.7 Å². The summed E-state index contributed by atoms with van der Waals surface area (Å²) in [5.41, 5.74) is -0.361. The van der Waals surface area contributed by atoms with Crippen molar-refractivity contribution in [1.29, 1.82) is 0 Å². The van der Waals surface area contributed by atoms with Crippen molar-refractivity contribution in [2.75, 3.05) is 19.8 Å². The van der Waals surface area contributed by atoms with E-state index in [9.17, 15) is 19.7 Å². The van der Waals surface area contributed by atoms with Gasteiger partial charge in [0, 0.05) is 0 Å². The van der Waals surface area contributed by atoms with E-state index >= 15 is 0 Å². The molecule has 1 aromatic rings. The summed E-state index contributed by atoms with van der Waals surface area (Å²) in [6, 6.07) is 3.84. The molecule has 0 spiro atoms. The number of nitro groups is 1. The van der Waals surface area contributed by atoms with Gasteiger partial charge in [-0.05, 0) is 26.0 Å². The van der Waals surface area contributed by atoms with Crippen LogP contribution in [-0.2, 0) is 14.3 Å². The van der Waals surface area contributed by atoms with Crippen molar-refractivity contribution >= 4 is 17.4 Å². The van der Waals surface area contributed by atoms with Crippen molar-refractivity contribution in [3.8, 4) is 11.5 Å². The number of rotatable bonds is 8. The highest BCUT2D eigenvalue weighted by atomic mass is 16.6. The molecule has 1 rings (SSSR count). The molecule has 0 aliphatic rings. The summed E-state index contributed by atoms with van der Waals surface area (Å²) >= 11 is 0. The maximum absolute atomic E-state index is 11.2. The SMILES string of the molecule is CCOC(=O)COc1ccc(OCC(C)=O)cc1[N+](=O)[O-]. The summed E-state index contributed by atoms with van der Waals surface area (Å²) in [4.78, 5) is 32.3. The molecule has 0 unspecified atom stereocenters. The zero-order chi connectivity index (χ0) is 15.8. The maximum Gasteiger partial charge on any atom is 0.344 e. The Kier molecular flexibility index (Phi) is 6.12. The Morgan fingerprint density at radius 2 is 1.95 bits per heavy atom. The van der Waals surface area contributed by atoms with Gasteiger partial charge in [0.15, 0.2) is 18.1 Å². The molecule has 0 heterocycles. The van der Waals surface area contributed by atoms with Gasteiger partial charge in [-0.25, -0.2) is 4.79 Å². The monoisotopic (exact) mass is 297 g/mol. The lowest BCUT2D eigenvalue weighted by molar-refractivity contribution is -0.385. The number of hydrogen-bond acceptors (Lipinski definition) is 7. The predicted molar refractivity (Wildman–Crippen MR) is 71.4 cm³/mol. The minimum absolute atomic E-state index is 0.0803. The minimum Gasteiger partial charge on any atom is -0.486 e. The Morgan fingerprint density at radius 3 is 2.52 bits per heavy atom. The normalized spacial score (nSPS) is 9.81. The molecule has 0 aliphatic carbocycles. The lowest BCUT2D eigenvalue weighted by Crippen LogP contribution is -2.15. The second-order valence-corrected chi connectivity index (χ2v) is 3.97. The first-order valence-electron chi connectivity index (χ1n) is 6.13. The van der Waals surface area contributed by atoms with Gasteiger partial charge in [-0.1, -0.05) is 0 Å². The number of nitro benzene ring substituents is 1. The fourth-order valence-electron chi connectivity index (χ4n) is 1.38. The first-order chi connectivity index (χ1) is 9.93. The van der Waals surface area contributed by atoms with Gasteiger partial charge in [-0.2, -0.15) is 0 Å². The van der Waals surface area contributed by atoms with E-state index in [0.717, 1.165) is 6.07 Å². The van der Waals surface area contributed by atoms with E-state index in [1.165, 1.54) is 19.1 Å². The molecule has 0 N–H and O–H groups in total. The van der Waals surface area contributed by atoms with Crippen molar-refractivity contribution in [2.24, 2.45) is 0 Å². The van der Waals surface area contributed by atoms with E-state index in [2.05, 4.69) is 4.74 Å². The van der Waals surface area contributed by atoms with Crippen molar-refractivity contribution in [2.45, 2.75) is 13.8 Å². The maximum atomic E-state index is 11.2. The van der Waals surface area contributed by atoms with Gasteiger partial charge in [0.05, 0.1) is 17.6 Å². The van der Waals surface area contributed by atoms with E-state index in [4.69, 9.17) is 9.47 Å². The Hall–Kier alpha value is -2.64. The van der Waals surface area contributed by atoms with Gasteiger partial charge in [-0.15, -0.1) is 0 Å². The first-order valence-corrected chi connectivity index (χ1v) is 6.13. The van der Waals surface area contributed by atoms with Crippen LogP contribution in [0.1, 0.15) is 13.8 Å². The molecule has 0 radical (unpaired) electrons. The standard InChI is InChI=1S/C13H15NO7/c1-3-19-13(16)8-21-12-5-4-10(20-7-9(2)15)6-11(12)14(17)18/h4-6H,3,7-8H2,1-2H3. The van der Waals surface area contributed by atoms with Gasteiger partial charge < -0.3 is 14.2 Å². The average Bonchev–Trinajstić information content (AvgIpc) is 2.43. The molecular formula is C13H15NO7. The van der Waals surface area contributed by atoms with E-state index in [1.54, 1.807) is 6.92 Å². The molecular weight excluding hydrogens is 282 g/mol. The van der Waals surface area contributed by atoms with Crippen LogP contribution in [-0.4, -0.2) is 36.5 Å². The number of nitrogens with zero attached hydrogens (tertiary/aromatic N) is 1. The van der Waals surface area contributed by atoms with Crippen LogP contribution in [0, 0.1) is 10.1 Å². The van der Waals surface area contributed by atoms with Crippen LogP contribution in [0.25, 0.3) is 0 Å². The van der Waals surface area contributed by atoms with Crippen LogP contribution < -0.4 is 9.47 Å². The van der Waals surface area contributed by atoms with Crippen molar-refractivity contribution in [1.82, 2.24) is 0 Å². The molecule has 0 saturated carbocycles. The van der Waals surface area contributed by atoms with Gasteiger partial charge in [-0.3, -0.25) is 14.9 Å². The van der Waals surface area contributed by atoms with E-state index in [1.807, 2.05) is 0 Å². The summed E-state index contributed by atoms with van der Waals surface area (Å²) in [5, 5.41) is 11.0. The molecule has 1 aromatic carbocycles. The molecule has 0 bridgehead atoms. The van der Waals surface area contributed by atoms with Crippen LogP contribution >= 0.6 is 0 Å². The molecule has 0 atom stereocenters. The fraction of sp³-hybridized carbons (Fsp3) is 0.385. The highest BCUT2D eigenvalue weighted by molar-refractivity contribution is 5.77. The van der Waals surface area contributed by atoms with Gasteiger partial charge in [0.25, 0.3) is 0 Å². The fourth-order valence-corrected chi connectivity index (χ4v) is 1.38. The Morgan fingerprint density at radius 1 is 1.24 bits per heavy atom. The first kappa shape index (κ1) is 16.4. The summed E-state index contributed by atoms with van der Waals surface area (Å²) in [5.74, 6) is -0.743. The number of hydrogen-bond donors (Lipinski definition) is 0. The van der Waals surface area contributed by atoms with Crippen LogP contribution in [0.4, 0.5) is 5.69 Å². The highest BCUT2D eigenvalue weighted by Crippen LogP contribution is 2.31. The number of carbonyl (C=O) groups is 2. The molecule has 8 heteroatoms. The minimum atomic E-state index is -0.666. The number of ketones is 1. The van der Waals surface area contributed by atoms with Crippen LogP contribution in [0.5, 0.6) is 11.5 Å². The Bertz CT molecular complexity index is 541. The third-order valence-electron chi connectivity index (χ3n) is 2.22. The highest BCUT2D eigenvalue weighted by Gasteiger charge is 2.18. The van der Waals surface area contributed by atoms with E-state index < -0.39 is 17.5 Å². The number of esters is 1. The lowest BCUT2D eigenvalue weighted by atomic mass is 10.3. The molecule has 114 valence electrons. The van der Waals surface area contributed by atoms with Crippen LogP contribution in [0.2, 0.25) is 0 Å². The summed E-state index contributed by atoms with van der Waals surface area (Å²) in [7, 11) is 0. The summed E-state index contributed by atoms with van der Waals surface area (Å²) in [6.45, 7) is 2.57. The average molecular weight is 297 g/mol. The smallest absolute Gasteiger partial charge is 0.344 e. The molecule has 21 heavy (non-hydrogen) atoms. The molecule has 0 amide bonds. The zero-order valence-corrected chi connectivity index (χ0v) is 11.7. The molecule has 0 aliphatic heterocycles. The zero-order valence-electron chi connectivity index (χ0n) is 11.7. The van der Waals surface area contributed by atoms with Crippen molar-refractivity contribution in [3.63, 3.8) is 0 Å². The second-order valence-electron chi connectivity index (χ2n) is 3.97. The number of carbonyl (C=O) groups excluding carboxylic acids is 2. The van der Waals surface area contributed by atoms with Crippen LogP contribution in [0.3, 0.4) is 0 Å². The second kappa shape index (κ2) is 7.83. The molecule has 0 fully saturated rings.